The molecule has 0 spiro atoms. The van der Waals surface area contributed by atoms with Crippen LogP contribution in [0.25, 0.3) is 0 Å². The number of hydrogen-bond acceptors (Lipinski definition) is 8. The van der Waals surface area contributed by atoms with Crippen molar-refractivity contribution in [3.05, 3.63) is 29.8 Å². The number of rotatable bonds is 17. The average Bonchev–Trinajstić information content (AvgIpc) is 2.74. The molecule has 198 valence electrons. The van der Waals surface area contributed by atoms with Crippen molar-refractivity contribution in [1.82, 2.24) is 0 Å². The summed E-state index contributed by atoms with van der Waals surface area (Å²) in [6.45, 7) is 13.3. The van der Waals surface area contributed by atoms with Gasteiger partial charge in [0.15, 0.2) is 8.32 Å². The standard InChI is InChI=1S/C24H41N3O7Si/c1-24(2,3)35(4,5)34-10-7-6-9-27-22-19(25)16-18(23(26)30)17-20(22)33-15-14-32-13-12-31-11-8-21(28)29/h6-7,16-17,27H,8-15,25H2,1-5H3,(H2,26,30)(H,28,29). The zero-order valence-corrected chi connectivity index (χ0v) is 22.5. The van der Waals surface area contributed by atoms with Crippen molar-refractivity contribution in [2.24, 2.45) is 5.73 Å². The van der Waals surface area contributed by atoms with E-state index < -0.39 is 20.2 Å². The van der Waals surface area contributed by atoms with E-state index in [1.54, 1.807) is 6.07 Å². The zero-order valence-electron chi connectivity index (χ0n) is 21.5. The van der Waals surface area contributed by atoms with Crippen molar-refractivity contribution in [2.75, 3.05) is 57.2 Å². The van der Waals surface area contributed by atoms with E-state index in [-0.39, 0.29) is 43.5 Å². The summed E-state index contributed by atoms with van der Waals surface area (Å²) in [5, 5.41) is 11.9. The minimum Gasteiger partial charge on any atom is -0.489 e. The molecule has 0 atom stereocenters. The Morgan fingerprint density at radius 2 is 1.69 bits per heavy atom. The summed E-state index contributed by atoms with van der Waals surface area (Å²) in [7, 11) is -1.80. The second-order valence-electron chi connectivity index (χ2n) is 9.44. The van der Waals surface area contributed by atoms with Crippen LogP contribution in [0.2, 0.25) is 18.1 Å². The SMILES string of the molecule is CC(C)(C)[Si](C)(C)OCC=CCNc1c(N)cc(C(N)=O)cc1OCCOCCOCCC(=O)O. The molecule has 0 unspecified atom stereocenters. The Morgan fingerprint density at radius 1 is 1.06 bits per heavy atom. The smallest absolute Gasteiger partial charge is 0.305 e. The molecule has 1 aromatic rings. The van der Waals surface area contributed by atoms with Gasteiger partial charge in [-0.2, -0.15) is 0 Å². The number of hydrogen-bond donors (Lipinski definition) is 4. The predicted octanol–water partition coefficient (Wildman–Crippen LogP) is 3.24. The fourth-order valence-corrected chi connectivity index (χ4v) is 3.51. The Bertz CT molecular complexity index is 854. The van der Waals surface area contributed by atoms with E-state index in [9.17, 15) is 9.59 Å². The fourth-order valence-electron chi connectivity index (χ4n) is 2.56. The summed E-state index contributed by atoms with van der Waals surface area (Å²) in [6.07, 6.45) is 3.87. The molecule has 6 N–H and O–H groups in total. The quantitative estimate of drug-likeness (QED) is 0.107. The molecule has 0 saturated carbocycles. The Morgan fingerprint density at radius 3 is 2.29 bits per heavy atom. The summed E-state index contributed by atoms with van der Waals surface area (Å²) in [4.78, 5) is 22.1. The molecule has 0 bridgehead atoms. The van der Waals surface area contributed by atoms with Crippen molar-refractivity contribution in [2.45, 2.75) is 45.3 Å². The lowest BCUT2D eigenvalue weighted by molar-refractivity contribution is -0.138. The number of carbonyl (C=O) groups is 2. The van der Waals surface area contributed by atoms with Crippen LogP contribution in [0.1, 0.15) is 37.6 Å². The van der Waals surface area contributed by atoms with E-state index in [1.165, 1.54) is 6.07 Å². The molecule has 0 saturated heterocycles. The number of primary amides is 1. The Balaban J connectivity index is 2.58. The largest absolute Gasteiger partial charge is 0.489 e. The molecule has 0 aliphatic carbocycles. The van der Waals surface area contributed by atoms with Crippen molar-refractivity contribution < 1.29 is 33.3 Å². The number of ether oxygens (including phenoxy) is 3. The third kappa shape index (κ3) is 11.6. The van der Waals surface area contributed by atoms with Crippen molar-refractivity contribution >= 4 is 31.6 Å². The lowest BCUT2D eigenvalue weighted by Gasteiger charge is -2.35. The second-order valence-corrected chi connectivity index (χ2v) is 14.3. The second kappa shape index (κ2) is 14.7. The summed E-state index contributed by atoms with van der Waals surface area (Å²) in [5.41, 5.74) is 12.7. The summed E-state index contributed by atoms with van der Waals surface area (Å²) in [6, 6.07) is 3.05. The van der Waals surface area contributed by atoms with Crippen LogP contribution in [0.5, 0.6) is 5.75 Å². The highest BCUT2D eigenvalue weighted by Gasteiger charge is 2.36. The van der Waals surface area contributed by atoms with Gasteiger partial charge in [-0.15, -0.1) is 0 Å². The van der Waals surface area contributed by atoms with E-state index in [2.05, 4.69) is 39.2 Å². The summed E-state index contributed by atoms with van der Waals surface area (Å²) >= 11 is 0. The molecule has 0 fully saturated rings. The number of nitrogens with one attached hydrogen (secondary N) is 1. The summed E-state index contributed by atoms with van der Waals surface area (Å²) in [5.74, 6) is -1.12. The van der Waals surface area contributed by atoms with Gasteiger partial charge in [0.2, 0.25) is 5.91 Å². The van der Waals surface area contributed by atoms with Gasteiger partial charge in [0.1, 0.15) is 18.0 Å². The predicted molar refractivity (Wildman–Crippen MR) is 140 cm³/mol. The van der Waals surface area contributed by atoms with Crippen LogP contribution in [-0.4, -0.2) is 71.5 Å². The molecule has 0 radical (unpaired) electrons. The molecule has 0 aromatic heterocycles. The number of nitrogens with two attached hydrogens (primary N) is 2. The van der Waals surface area contributed by atoms with Gasteiger partial charge in [-0.1, -0.05) is 32.9 Å². The number of carbonyl (C=O) groups excluding carboxylic acids is 1. The molecule has 35 heavy (non-hydrogen) atoms. The Kier molecular flexibility index (Phi) is 12.8. The van der Waals surface area contributed by atoms with Crippen molar-refractivity contribution in [3.8, 4) is 5.75 Å². The van der Waals surface area contributed by atoms with Crippen LogP contribution in [0, 0.1) is 0 Å². The van der Waals surface area contributed by atoms with E-state index in [1.807, 2.05) is 12.2 Å². The maximum atomic E-state index is 11.6. The average molecular weight is 512 g/mol. The van der Waals surface area contributed by atoms with Gasteiger partial charge >= 0.3 is 5.97 Å². The van der Waals surface area contributed by atoms with Gasteiger partial charge in [-0.3, -0.25) is 9.59 Å². The molecule has 11 heteroatoms. The highest BCUT2D eigenvalue weighted by atomic mass is 28.4. The minimum absolute atomic E-state index is 0.0463. The van der Waals surface area contributed by atoms with Crippen LogP contribution in [0.3, 0.4) is 0 Å². The molecule has 10 nitrogen and oxygen atoms in total. The van der Waals surface area contributed by atoms with Crippen molar-refractivity contribution in [3.63, 3.8) is 0 Å². The molecular weight excluding hydrogens is 470 g/mol. The van der Waals surface area contributed by atoms with Gasteiger partial charge in [0, 0.05) is 12.1 Å². The van der Waals surface area contributed by atoms with Gasteiger partial charge in [-0.25, -0.2) is 0 Å². The van der Waals surface area contributed by atoms with E-state index in [4.69, 9.17) is 35.2 Å². The Labute approximate surface area is 209 Å². The topological polar surface area (TPSA) is 155 Å². The molecule has 1 amide bonds. The molecule has 1 rings (SSSR count). The first-order chi connectivity index (χ1) is 16.3. The van der Waals surface area contributed by atoms with E-state index in [0.717, 1.165) is 0 Å². The Hall–Kier alpha value is -2.60. The molecule has 0 heterocycles. The number of aliphatic carboxylic acids is 1. The normalized spacial score (nSPS) is 12.1. The minimum atomic E-state index is -1.80. The van der Waals surface area contributed by atoms with Gasteiger partial charge in [0.25, 0.3) is 0 Å². The molecular formula is C24H41N3O7Si. The number of nitrogen functional groups attached to an aromatic ring is 1. The monoisotopic (exact) mass is 511 g/mol. The van der Waals surface area contributed by atoms with Gasteiger partial charge < -0.3 is 40.5 Å². The third-order valence-corrected chi connectivity index (χ3v) is 10.1. The third-order valence-electron chi connectivity index (χ3n) is 5.64. The number of benzene rings is 1. The lowest BCUT2D eigenvalue weighted by atomic mass is 10.1. The maximum absolute atomic E-state index is 11.6. The fraction of sp³-hybridized carbons (Fsp3) is 0.583. The maximum Gasteiger partial charge on any atom is 0.305 e. The first-order valence-electron chi connectivity index (χ1n) is 11.6. The zero-order chi connectivity index (χ0) is 26.5. The summed E-state index contributed by atoms with van der Waals surface area (Å²) < 4.78 is 22.5. The highest BCUT2D eigenvalue weighted by Crippen LogP contribution is 2.36. The molecule has 0 aliphatic rings. The first kappa shape index (κ1) is 30.4. The van der Waals surface area contributed by atoms with Crippen LogP contribution >= 0.6 is 0 Å². The number of carboxylic acids is 1. The van der Waals surface area contributed by atoms with Gasteiger partial charge in [0.05, 0.1) is 45.1 Å². The highest BCUT2D eigenvalue weighted by molar-refractivity contribution is 6.74. The van der Waals surface area contributed by atoms with E-state index >= 15 is 0 Å². The number of carboxylic acid groups (broad SMARTS) is 1. The van der Waals surface area contributed by atoms with Crippen LogP contribution in [0.15, 0.2) is 24.3 Å². The first-order valence-corrected chi connectivity index (χ1v) is 14.5. The van der Waals surface area contributed by atoms with Gasteiger partial charge in [-0.05, 0) is 30.3 Å². The van der Waals surface area contributed by atoms with Crippen LogP contribution in [-0.2, 0) is 18.7 Å². The van der Waals surface area contributed by atoms with Crippen molar-refractivity contribution in [1.29, 1.82) is 0 Å². The van der Waals surface area contributed by atoms with E-state index in [0.29, 0.717) is 36.9 Å². The lowest BCUT2D eigenvalue weighted by Crippen LogP contribution is -2.40. The molecule has 0 aliphatic heterocycles. The van der Waals surface area contributed by atoms with Crippen LogP contribution < -0.4 is 21.5 Å². The molecule has 1 aromatic carbocycles. The number of anilines is 2. The van der Waals surface area contributed by atoms with Crippen LogP contribution in [0.4, 0.5) is 11.4 Å². The number of amides is 1.